The van der Waals surface area contributed by atoms with Gasteiger partial charge in [0.2, 0.25) is 5.91 Å². The van der Waals surface area contributed by atoms with Gasteiger partial charge in [0.15, 0.2) is 0 Å². The van der Waals surface area contributed by atoms with Crippen molar-refractivity contribution in [2.45, 2.75) is 57.5 Å². The van der Waals surface area contributed by atoms with E-state index in [1.165, 1.54) is 32.1 Å². The number of halogens is 2. The molecule has 0 aromatic carbocycles. The molecule has 0 spiro atoms. The van der Waals surface area contributed by atoms with Crippen molar-refractivity contribution in [3.05, 3.63) is 0 Å². The third kappa shape index (κ3) is 8.69. The van der Waals surface area contributed by atoms with Gasteiger partial charge in [0.1, 0.15) is 0 Å². The lowest BCUT2D eigenvalue weighted by Gasteiger charge is -2.31. The normalized spacial score (nSPS) is 17.3. The number of nitrogens with two attached hydrogens (primary N) is 1. The zero-order valence-corrected chi connectivity index (χ0v) is 13.7. The molecule has 0 saturated heterocycles. The first-order valence-electron chi connectivity index (χ1n) is 6.85. The van der Waals surface area contributed by atoms with Gasteiger partial charge in [0.05, 0.1) is 6.04 Å². The van der Waals surface area contributed by atoms with E-state index in [-0.39, 0.29) is 30.7 Å². The van der Waals surface area contributed by atoms with Crippen LogP contribution >= 0.6 is 24.8 Å². The SMILES string of the molecule is CC(N)C(=O)NCCCN(C)C1CCCCC1.Cl.Cl. The molecule has 1 unspecified atom stereocenters. The highest BCUT2D eigenvalue weighted by Gasteiger charge is 2.17. The number of nitrogens with zero attached hydrogens (tertiary/aromatic N) is 1. The van der Waals surface area contributed by atoms with Crippen LogP contribution in [0.3, 0.4) is 0 Å². The van der Waals surface area contributed by atoms with Crippen molar-refractivity contribution >= 4 is 30.7 Å². The number of rotatable bonds is 6. The highest BCUT2D eigenvalue weighted by Crippen LogP contribution is 2.21. The summed E-state index contributed by atoms with van der Waals surface area (Å²) < 4.78 is 0. The summed E-state index contributed by atoms with van der Waals surface area (Å²) in [6.45, 7) is 3.50. The van der Waals surface area contributed by atoms with Crippen LogP contribution in [0.15, 0.2) is 0 Å². The summed E-state index contributed by atoms with van der Waals surface area (Å²) in [5, 5.41) is 2.85. The average molecular weight is 314 g/mol. The minimum absolute atomic E-state index is 0. The van der Waals surface area contributed by atoms with Gasteiger partial charge in [-0.05, 0) is 39.8 Å². The second-order valence-corrected chi connectivity index (χ2v) is 5.21. The first-order chi connectivity index (χ1) is 8.11. The van der Waals surface area contributed by atoms with Gasteiger partial charge in [0, 0.05) is 12.6 Å². The Hall–Kier alpha value is -0.0300. The molecule has 19 heavy (non-hydrogen) atoms. The summed E-state index contributed by atoms with van der Waals surface area (Å²) in [7, 11) is 2.20. The van der Waals surface area contributed by atoms with Crippen molar-refractivity contribution in [1.29, 1.82) is 0 Å². The molecule has 0 bridgehead atoms. The lowest BCUT2D eigenvalue weighted by atomic mass is 9.94. The number of carbonyl (C=O) groups is 1. The molecule has 4 nitrogen and oxygen atoms in total. The molecule has 0 aliphatic heterocycles. The topological polar surface area (TPSA) is 58.4 Å². The molecule has 0 aromatic heterocycles. The van der Waals surface area contributed by atoms with E-state index in [9.17, 15) is 4.79 Å². The van der Waals surface area contributed by atoms with Crippen LogP contribution in [0.5, 0.6) is 0 Å². The third-order valence-corrected chi connectivity index (χ3v) is 3.60. The molecule has 1 atom stereocenters. The van der Waals surface area contributed by atoms with Crippen molar-refractivity contribution in [1.82, 2.24) is 10.2 Å². The van der Waals surface area contributed by atoms with Crippen molar-refractivity contribution < 1.29 is 4.79 Å². The molecule has 1 aliphatic rings. The van der Waals surface area contributed by atoms with Crippen LogP contribution in [0.1, 0.15) is 45.4 Å². The van der Waals surface area contributed by atoms with Crippen LogP contribution in [0, 0.1) is 0 Å². The fraction of sp³-hybridized carbons (Fsp3) is 0.923. The molecular formula is C13H29Cl2N3O. The summed E-state index contributed by atoms with van der Waals surface area (Å²) in [5.41, 5.74) is 5.47. The average Bonchev–Trinajstić information content (AvgIpc) is 2.35. The smallest absolute Gasteiger partial charge is 0.236 e. The molecule has 3 N–H and O–H groups in total. The quantitative estimate of drug-likeness (QED) is 0.737. The predicted octanol–water partition coefficient (Wildman–Crippen LogP) is 1.95. The maximum atomic E-state index is 11.2. The Morgan fingerprint density at radius 3 is 2.42 bits per heavy atom. The minimum atomic E-state index is -0.397. The second-order valence-electron chi connectivity index (χ2n) is 5.21. The lowest BCUT2D eigenvalue weighted by Crippen LogP contribution is -2.40. The molecule has 1 amide bonds. The number of hydrogen-bond acceptors (Lipinski definition) is 3. The van der Waals surface area contributed by atoms with E-state index in [0.717, 1.165) is 25.6 Å². The number of carbonyl (C=O) groups excluding carboxylic acids is 1. The van der Waals surface area contributed by atoms with Crippen LogP contribution in [-0.2, 0) is 4.79 Å². The van der Waals surface area contributed by atoms with Gasteiger partial charge < -0.3 is 16.0 Å². The van der Waals surface area contributed by atoms with Gasteiger partial charge in [0.25, 0.3) is 0 Å². The van der Waals surface area contributed by atoms with E-state index in [4.69, 9.17) is 5.73 Å². The molecular weight excluding hydrogens is 285 g/mol. The molecule has 6 heteroatoms. The van der Waals surface area contributed by atoms with Crippen LogP contribution in [0.4, 0.5) is 0 Å². The van der Waals surface area contributed by atoms with E-state index in [2.05, 4.69) is 17.3 Å². The number of hydrogen-bond donors (Lipinski definition) is 2. The summed E-state index contributed by atoms with van der Waals surface area (Å²) in [5.74, 6) is -0.0506. The van der Waals surface area contributed by atoms with Crippen LogP contribution in [0.2, 0.25) is 0 Å². The Bertz CT molecular complexity index is 234. The standard InChI is InChI=1S/C13H27N3O.2ClH/c1-11(14)13(17)15-9-6-10-16(2)12-7-4-3-5-8-12;;/h11-12H,3-10,14H2,1-2H3,(H,15,17);2*1H. The highest BCUT2D eigenvalue weighted by atomic mass is 35.5. The third-order valence-electron chi connectivity index (χ3n) is 3.60. The van der Waals surface area contributed by atoms with Crippen molar-refractivity contribution in [2.75, 3.05) is 20.1 Å². The second kappa shape index (κ2) is 11.8. The monoisotopic (exact) mass is 313 g/mol. The van der Waals surface area contributed by atoms with Gasteiger partial charge in [-0.3, -0.25) is 4.79 Å². The van der Waals surface area contributed by atoms with Crippen molar-refractivity contribution in [2.24, 2.45) is 5.73 Å². The van der Waals surface area contributed by atoms with E-state index < -0.39 is 6.04 Å². The summed E-state index contributed by atoms with van der Waals surface area (Å²) in [4.78, 5) is 13.7. The van der Waals surface area contributed by atoms with E-state index in [1.54, 1.807) is 6.92 Å². The number of nitrogens with one attached hydrogen (secondary N) is 1. The van der Waals surface area contributed by atoms with Crippen molar-refractivity contribution in [3.63, 3.8) is 0 Å². The Morgan fingerprint density at radius 2 is 1.89 bits per heavy atom. The molecule has 1 saturated carbocycles. The highest BCUT2D eigenvalue weighted by molar-refractivity contribution is 5.85. The summed E-state index contributed by atoms with van der Waals surface area (Å²) in [6.07, 6.45) is 7.82. The molecule has 1 aliphatic carbocycles. The molecule has 0 heterocycles. The maximum absolute atomic E-state index is 11.2. The van der Waals surface area contributed by atoms with Crippen LogP contribution < -0.4 is 11.1 Å². The molecule has 1 fully saturated rings. The Labute approximate surface area is 129 Å². The Morgan fingerprint density at radius 1 is 1.32 bits per heavy atom. The fourth-order valence-electron chi connectivity index (χ4n) is 2.41. The van der Waals surface area contributed by atoms with E-state index in [0.29, 0.717) is 0 Å². The zero-order chi connectivity index (χ0) is 12.7. The van der Waals surface area contributed by atoms with Gasteiger partial charge in [-0.2, -0.15) is 0 Å². The summed E-state index contributed by atoms with van der Waals surface area (Å²) >= 11 is 0. The fourth-order valence-corrected chi connectivity index (χ4v) is 2.41. The van der Waals surface area contributed by atoms with Gasteiger partial charge in [-0.25, -0.2) is 0 Å². The van der Waals surface area contributed by atoms with Gasteiger partial charge in [-0.15, -0.1) is 24.8 Å². The van der Waals surface area contributed by atoms with Crippen LogP contribution in [0.25, 0.3) is 0 Å². The Balaban J connectivity index is 0. The van der Waals surface area contributed by atoms with Crippen LogP contribution in [-0.4, -0.2) is 43.0 Å². The van der Waals surface area contributed by atoms with Gasteiger partial charge >= 0.3 is 0 Å². The minimum Gasteiger partial charge on any atom is -0.355 e. The molecule has 0 radical (unpaired) electrons. The molecule has 1 rings (SSSR count). The Kier molecular flexibility index (Phi) is 13.2. The summed E-state index contributed by atoms with van der Waals surface area (Å²) in [6, 6.07) is 0.360. The zero-order valence-electron chi connectivity index (χ0n) is 12.1. The van der Waals surface area contributed by atoms with Crippen molar-refractivity contribution in [3.8, 4) is 0 Å². The molecule has 116 valence electrons. The van der Waals surface area contributed by atoms with E-state index >= 15 is 0 Å². The number of amides is 1. The first-order valence-corrected chi connectivity index (χ1v) is 6.85. The largest absolute Gasteiger partial charge is 0.355 e. The lowest BCUT2D eigenvalue weighted by molar-refractivity contribution is -0.121. The maximum Gasteiger partial charge on any atom is 0.236 e. The predicted molar refractivity (Wildman–Crippen MR) is 85.3 cm³/mol. The van der Waals surface area contributed by atoms with E-state index in [1.807, 2.05) is 0 Å². The molecule has 0 aromatic rings. The van der Waals surface area contributed by atoms with Gasteiger partial charge in [-0.1, -0.05) is 19.3 Å². The first kappa shape index (κ1) is 21.3.